The second kappa shape index (κ2) is 13.9. The van der Waals surface area contributed by atoms with Gasteiger partial charge >= 0.3 is 0 Å². The summed E-state index contributed by atoms with van der Waals surface area (Å²) in [6.07, 6.45) is 0.843. The molecule has 8 aromatic carbocycles. The van der Waals surface area contributed by atoms with Crippen LogP contribution in [0.3, 0.4) is 0 Å². The molecule has 4 heteroatoms. The highest BCUT2D eigenvalue weighted by molar-refractivity contribution is 5.93. The lowest BCUT2D eigenvalue weighted by Crippen LogP contribution is -2.16. The number of benzene rings is 8. The lowest BCUT2D eigenvalue weighted by molar-refractivity contribution is 0.660. The highest BCUT2D eigenvalue weighted by atomic mass is 15.1. The van der Waals surface area contributed by atoms with E-state index in [1.54, 1.807) is 0 Å². The molecule has 4 nitrogen and oxygen atoms in total. The minimum Gasteiger partial charge on any atom is -0.310 e. The van der Waals surface area contributed by atoms with Gasteiger partial charge in [-0.3, -0.25) is 0 Å². The van der Waals surface area contributed by atoms with E-state index >= 15 is 0 Å². The van der Waals surface area contributed by atoms with E-state index in [1.807, 2.05) is 36.4 Å². The van der Waals surface area contributed by atoms with Crippen LogP contribution < -0.4 is 4.90 Å². The van der Waals surface area contributed by atoms with E-state index < -0.39 is 0 Å². The normalized spacial score (nSPS) is 13.0. The first-order valence-corrected chi connectivity index (χ1v) is 20.3. The van der Waals surface area contributed by atoms with Gasteiger partial charge in [-0.2, -0.15) is 0 Å². The number of hydrogen-bond donors (Lipinski definition) is 0. The molecular weight excluding hydrogens is 717 g/mol. The van der Waals surface area contributed by atoms with Crippen LogP contribution in [0, 0.1) is 0 Å². The molecule has 0 bridgehead atoms. The van der Waals surface area contributed by atoms with E-state index in [0.29, 0.717) is 17.5 Å². The van der Waals surface area contributed by atoms with Crippen molar-refractivity contribution >= 4 is 17.1 Å². The van der Waals surface area contributed by atoms with Gasteiger partial charge in [0.15, 0.2) is 17.5 Å². The van der Waals surface area contributed by atoms with E-state index in [2.05, 4.69) is 176 Å². The fraction of sp³-hybridized carbons (Fsp3) is 0.0727. The highest BCUT2D eigenvalue weighted by Gasteiger charge is 2.36. The quantitative estimate of drug-likeness (QED) is 0.162. The Kier molecular flexibility index (Phi) is 8.19. The van der Waals surface area contributed by atoms with E-state index in [4.69, 9.17) is 15.0 Å². The fourth-order valence-corrected chi connectivity index (χ4v) is 9.21. The zero-order chi connectivity index (χ0) is 39.5. The first-order chi connectivity index (χ1) is 29.0. The molecule has 11 rings (SSSR count). The summed E-state index contributed by atoms with van der Waals surface area (Å²) in [5.74, 6) is 1.98. The average molecular weight is 757 g/mol. The molecule has 9 aromatic rings. The van der Waals surface area contributed by atoms with Gasteiger partial charge in [-0.25, -0.2) is 15.0 Å². The van der Waals surface area contributed by atoms with Crippen LogP contribution in [0.15, 0.2) is 194 Å². The molecule has 0 saturated heterocycles. The Balaban J connectivity index is 1.09. The fourth-order valence-electron chi connectivity index (χ4n) is 9.21. The molecule has 0 radical (unpaired) electrons. The largest absolute Gasteiger partial charge is 0.310 e. The summed E-state index contributed by atoms with van der Waals surface area (Å²) in [4.78, 5) is 17.8. The smallest absolute Gasteiger partial charge is 0.164 e. The zero-order valence-electron chi connectivity index (χ0n) is 33.0. The molecule has 280 valence electrons. The maximum absolute atomic E-state index is 5.17. The Labute approximate surface area is 345 Å². The van der Waals surface area contributed by atoms with Crippen molar-refractivity contribution < 1.29 is 0 Å². The van der Waals surface area contributed by atoms with Crippen LogP contribution >= 0.6 is 0 Å². The lowest BCUT2D eigenvalue weighted by atomic mass is 9.82. The molecular formula is C55H40N4. The molecule has 0 spiro atoms. The van der Waals surface area contributed by atoms with Crippen LogP contribution in [0.5, 0.6) is 0 Å². The molecule has 0 N–H and O–H groups in total. The Morgan fingerprint density at radius 1 is 0.373 bits per heavy atom. The standard InChI is InChI=1S/C55H40N4/c1-55(2)49-27-13-12-25-45(49)46-31-30-44(35-50(46)55)59(42-24-14-22-39(33-42)36-16-6-3-7-17-36)43-29-28-40-32-41-23-15-26-47(51(41)48(40)34-43)54-57-52(37-18-8-4-9-19-37)56-53(58-54)38-20-10-5-11-21-38/h3-31,33-35H,32H2,1-2H3. The van der Waals surface area contributed by atoms with Gasteiger partial charge in [0.2, 0.25) is 0 Å². The van der Waals surface area contributed by atoms with Gasteiger partial charge in [-0.15, -0.1) is 0 Å². The summed E-state index contributed by atoms with van der Waals surface area (Å²) >= 11 is 0. The monoisotopic (exact) mass is 756 g/mol. The summed E-state index contributed by atoms with van der Waals surface area (Å²) in [6.45, 7) is 4.70. The van der Waals surface area contributed by atoms with Gasteiger partial charge in [0.25, 0.3) is 0 Å². The van der Waals surface area contributed by atoms with Crippen LogP contribution in [0.25, 0.3) is 67.5 Å². The topological polar surface area (TPSA) is 41.9 Å². The van der Waals surface area contributed by atoms with Crippen molar-refractivity contribution in [3.05, 3.63) is 216 Å². The Morgan fingerprint density at radius 3 is 1.64 bits per heavy atom. The molecule has 0 amide bonds. The predicted octanol–water partition coefficient (Wildman–Crippen LogP) is 13.9. The molecule has 2 aliphatic rings. The summed E-state index contributed by atoms with van der Waals surface area (Å²) in [5.41, 5.74) is 18.8. The van der Waals surface area contributed by atoms with Crippen molar-refractivity contribution in [2.45, 2.75) is 25.7 Å². The van der Waals surface area contributed by atoms with Crippen molar-refractivity contribution in [1.29, 1.82) is 0 Å². The van der Waals surface area contributed by atoms with Crippen LogP contribution in [-0.2, 0) is 11.8 Å². The Morgan fingerprint density at radius 2 is 0.915 bits per heavy atom. The van der Waals surface area contributed by atoms with E-state index in [0.717, 1.165) is 40.2 Å². The second-order valence-corrected chi connectivity index (χ2v) is 16.0. The molecule has 1 heterocycles. The Bertz CT molecular complexity index is 2990. The summed E-state index contributed by atoms with van der Waals surface area (Å²) in [7, 11) is 0. The van der Waals surface area contributed by atoms with Gasteiger partial charge in [-0.05, 0) is 98.5 Å². The summed E-state index contributed by atoms with van der Waals surface area (Å²) in [5, 5.41) is 0. The van der Waals surface area contributed by atoms with Gasteiger partial charge < -0.3 is 4.90 Å². The van der Waals surface area contributed by atoms with E-state index in [9.17, 15) is 0 Å². The van der Waals surface area contributed by atoms with Gasteiger partial charge in [0.1, 0.15) is 0 Å². The third kappa shape index (κ3) is 5.95. The van der Waals surface area contributed by atoms with Crippen LogP contribution in [0.4, 0.5) is 17.1 Å². The minimum atomic E-state index is -0.132. The van der Waals surface area contributed by atoms with Gasteiger partial charge in [0, 0.05) is 39.2 Å². The maximum atomic E-state index is 5.17. The number of aromatic nitrogens is 3. The average Bonchev–Trinajstić information content (AvgIpc) is 3.78. The van der Waals surface area contributed by atoms with E-state index in [1.165, 1.54) is 55.6 Å². The second-order valence-electron chi connectivity index (χ2n) is 16.0. The molecule has 0 unspecified atom stereocenters. The molecule has 0 saturated carbocycles. The third-order valence-corrected chi connectivity index (χ3v) is 12.1. The first-order valence-electron chi connectivity index (χ1n) is 20.3. The molecule has 59 heavy (non-hydrogen) atoms. The number of anilines is 3. The molecule has 0 fully saturated rings. The van der Waals surface area contributed by atoms with Gasteiger partial charge in [0.05, 0.1) is 0 Å². The molecule has 1 aromatic heterocycles. The van der Waals surface area contributed by atoms with Crippen LogP contribution in [0.2, 0.25) is 0 Å². The number of fused-ring (bicyclic) bond motifs is 6. The summed E-state index contributed by atoms with van der Waals surface area (Å²) < 4.78 is 0. The van der Waals surface area contributed by atoms with E-state index in [-0.39, 0.29) is 5.41 Å². The van der Waals surface area contributed by atoms with Crippen LogP contribution in [-0.4, -0.2) is 15.0 Å². The molecule has 0 aliphatic heterocycles. The molecule has 2 aliphatic carbocycles. The van der Waals surface area contributed by atoms with Crippen molar-refractivity contribution in [3.63, 3.8) is 0 Å². The molecule has 0 atom stereocenters. The number of rotatable bonds is 7. The van der Waals surface area contributed by atoms with Crippen molar-refractivity contribution in [1.82, 2.24) is 15.0 Å². The third-order valence-electron chi connectivity index (χ3n) is 12.1. The van der Waals surface area contributed by atoms with Crippen LogP contribution in [0.1, 0.15) is 36.1 Å². The maximum Gasteiger partial charge on any atom is 0.164 e. The minimum absolute atomic E-state index is 0.132. The lowest BCUT2D eigenvalue weighted by Gasteiger charge is -2.29. The number of nitrogens with zero attached hydrogens (tertiary/aromatic N) is 4. The SMILES string of the molecule is CC1(C)c2ccccc2-c2ccc(N(c3cccc(-c4ccccc4)c3)c3ccc4c(c3)-c3c(cccc3-c3nc(-c5ccccc5)nc(-c5ccccc5)n3)C4)cc21. The zero-order valence-corrected chi connectivity index (χ0v) is 33.0. The first kappa shape index (κ1) is 34.8. The van der Waals surface area contributed by atoms with Crippen molar-refractivity contribution in [3.8, 4) is 67.5 Å². The predicted molar refractivity (Wildman–Crippen MR) is 242 cm³/mol. The highest BCUT2D eigenvalue weighted by Crippen LogP contribution is 2.51. The number of hydrogen-bond acceptors (Lipinski definition) is 4. The Hall–Kier alpha value is -7.43. The summed E-state index contributed by atoms with van der Waals surface area (Å²) in [6, 6.07) is 69.4. The van der Waals surface area contributed by atoms with Gasteiger partial charge in [-0.1, -0.05) is 172 Å². The van der Waals surface area contributed by atoms with Crippen molar-refractivity contribution in [2.24, 2.45) is 0 Å². The van der Waals surface area contributed by atoms with Crippen molar-refractivity contribution in [2.75, 3.05) is 4.90 Å².